The summed E-state index contributed by atoms with van der Waals surface area (Å²) in [6, 6.07) is 25.0. The average molecular weight is 457 g/mol. The van der Waals surface area contributed by atoms with Crippen LogP contribution in [-0.2, 0) is 0 Å². The summed E-state index contributed by atoms with van der Waals surface area (Å²) < 4.78 is 7.34. The highest BCUT2D eigenvalue weighted by Crippen LogP contribution is 2.34. The zero-order valence-electron chi connectivity index (χ0n) is 18.1. The molecule has 3 aromatic carbocycles. The van der Waals surface area contributed by atoms with E-state index in [1.54, 1.807) is 25.3 Å². The van der Waals surface area contributed by atoms with Gasteiger partial charge in [0.15, 0.2) is 11.6 Å². The Kier molecular flexibility index (Phi) is 5.54. The van der Waals surface area contributed by atoms with E-state index >= 15 is 0 Å². The summed E-state index contributed by atoms with van der Waals surface area (Å²) in [4.78, 5) is 9.65. The van der Waals surface area contributed by atoms with E-state index in [0.717, 1.165) is 28.2 Å². The molecule has 0 aliphatic carbocycles. The number of aryl methyl sites for hydroxylation is 1. The van der Waals surface area contributed by atoms with Crippen molar-refractivity contribution >= 4 is 45.8 Å². The maximum atomic E-state index is 6.24. The van der Waals surface area contributed by atoms with Crippen LogP contribution >= 0.6 is 11.6 Å². The molecule has 0 atom stereocenters. The minimum atomic E-state index is 0.535. The molecule has 0 aliphatic rings. The zero-order valence-corrected chi connectivity index (χ0v) is 18.8. The van der Waals surface area contributed by atoms with E-state index in [-0.39, 0.29) is 0 Å². The van der Waals surface area contributed by atoms with Crippen LogP contribution in [0.15, 0.2) is 78.9 Å². The Morgan fingerprint density at radius 2 is 1.48 bits per heavy atom. The fraction of sp³-hybridized carbons (Fsp3) is 0.0800. The van der Waals surface area contributed by atoms with Crippen molar-refractivity contribution in [3.63, 3.8) is 0 Å². The number of para-hydroxylation sites is 3. The second-order valence-corrected chi connectivity index (χ2v) is 7.86. The summed E-state index contributed by atoms with van der Waals surface area (Å²) in [6.07, 6.45) is 0. The third-order valence-corrected chi connectivity index (χ3v) is 5.30. The van der Waals surface area contributed by atoms with Gasteiger partial charge >= 0.3 is 0 Å². The first-order valence-electron chi connectivity index (χ1n) is 10.4. The topological polar surface area (TPSA) is 76.9 Å². The number of benzene rings is 3. The molecule has 0 unspecified atom stereocenters. The van der Waals surface area contributed by atoms with Gasteiger partial charge in [-0.2, -0.15) is 5.10 Å². The van der Waals surface area contributed by atoms with Crippen LogP contribution < -0.4 is 15.4 Å². The first-order valence-corrected chi connectivity index (χ1v) is 10.7. The Morgan fingerprint density at radius 3 is 2.18 bits per heavy atom. The minimum absolute atomic E-state index is 0.535. The number of hydrogen-bond acceptors (Lipinski definition) is 6. The summed E-state index contributed by atoms with van der Waals surface area (Å²) in [7, 11) is 1.61. The van der Waals surface area contributed by atoms with Gasteiger partial charge in [0.25, 0.3) is 0 Å². The van der Waals surface area contributed by atoms with Crippen LogP contribution in [0.3, 0.4) is 0 Å². The molecule has 5 rings (SSSR count). The maximum absolute atomic E-state index is 6.24. The van der Waals surface area contributed by atoms with Crippen LogP contribution in [0.25, 0.3) is 16.7 Å². The van der Waals surface area contributed by atoms with E-state index < -0.39 is 0 Å². The molecule has 33 heavy (non-hydrogen) atoms. The van der Waals surface area contributed by atoms with E-state index in [1.165, 1.54) is 0 Å². The molecule has 0 bridgehead atoms. The normalized spacial score (nSPS) is 10.9. The molecule has 2 aromatic heterocycles. The molecule has 0 spiro atoms. The van der Waals surface area contributed by atoms with Gasteiger partial charge in [-0.15, -0.1) is 0 Å². The second kappa shape index (κ2) is 8.80. The van der Waals surface area contributed by atoms with E-state index in [4.69, 9.17) is 26.3 Å². The number of methoxy groups -OCH3 is 1. The third-order valence-electron chi connectivity index (χ3n) is 5.06. The number of halogens is 1. The lowest BCUT2D eigenvalue weighted by Crippen LogP contribution is -2.07. The molecule has 7 nitrogen and oxygen atoms in total. The predicted octanol–water partition coefficient (Wildman–Crippen LogP) is 6.27. The molecule has 0 radical (unpaired) electrons. The van der Waals surface area contributed by atoms with Crippen molar-refractivity contribution in [2.45, 2.75) is 6.92 Å². The summed E-state index contributed by atoms with van der Waals surface area (Å²) >= 11 is 6.24. The first-order chi connectivity index (χ1) is 16.1. The zero-order chi connectivity index (χ0) is 22.8. The fourth-order valence-corrected chi connectivity index (χ4v) is 3.73. The molecule has 8 heteroatoms. The highest BCUT2D eigenvalue weighted by Gasteiger charge is 2.15. The van der Waals surface area contributed by atoms with Crippen molar-refractivity contribution in [3.8, 4) is 11.4 Å². The molecule has 2 heterocycles. The minimum Gasteiger partial charge on any atom is -0.495 e. The highest BCUT2D eigenvalue weighted by atomic mass is 35.5. The van der Waals surface area contributed by atoms with Gasteiger partial charge in [0.2, 0.25) is 0 Å². The van der Waals surface area contributed by atoms with Crippen LogP contribution in [0.1, 0.15) is 5.69 Å². The van der Waals surface area contributed by atoms with Crippen LogP contribution in [0, 0.1) is 6.92 Å². The van der Waals surface area contributed by atoms with Crippen LogP contribution in [-0.4, -0.2) is 26.9 Å². The SMILES string of the molecule is COc1ccc(Cl)cc1Nc1nc2ccccc2nc1Nc1cc(C)nn1-c1ccccc1. The fourth-order valence-electron chi connectivity index (χ4n) is 3.56. The quantitative estimate of drug-likeness (QED) is 0.313. The van der Waals surface area contributed by atoms with Crippen LogP contribution in [0.4, 0.5) is 23.1 Å². The Labute approximate surface area is 196 Å². The molecular weight excluding hydrogens is 436 g/mol. The van der Waals surface area contributed by atoms with Gasteiger partial charge in [0.1, 0.15) is 11.6 Å². The van der Waals surface area contributed by atoms with Gasteiger partial charge in [-0.25, -0.2) is 14.6 Å². The van der Waals surface area contributed by atoms with Gasteiger partial charge in [-0.1, -0.05) is 41.9 Å². The Bertz CT molecular complexity index is 1430. The van der Waals surface area contributed by atoms with Crippen molar-refractivity contribution in [1.29, 1.82) is 0 Å². The van der Waals surface area contributed by atoms with E-state index in [9.17, 15) is 0 Å². The predicted molar refractivity (Wildman–Crippen MR) is 132 cm³/mol. The smallest absolute Gasteiger partial charge is 0.175 e. The third kappa shape index (κ3) is 4.31. The number of anilines is 4. The number of ether oxygens (including phenoxy) is 1. The number of rotatable bonds is 6. The van der Waals surface area contributed by atoms with Crippen LogP contribution in [0.2, 0.25) is 5.02 Å². The van der Waals surface area contributed by atoms with Crippen molar-refractivity contribution in [2.75, 3.05) is 17.7 Å². The van der Waals surface area contributed by atoms with Gasteiger partial charge in [0.05, 0.1) is 35.2 Å². The standard InChI is InChI=1S/C25H21ClN6O/c1-16-14-23(32(31-16)18-8-4-3-5-9-18)30-25-24(27-19-10-6-7-11-20(19)28-25)29-21-15-17(26)12-13-22(21)33-2/h3-15H,1-2H3,(H,27,29)(H,28,30). The molecule has 0 fully saturated rings. The lowest BCUT2D eigenvalue weighted by Gasteiger charge is -2.16. The van der Waals surface area contributed by atoms with Crippen molar-refractivity contribution < 1.29 is 4.74 Å². The van der Waals surface area contributed by atoms with Gasteiger partial charge < -0.3 is 15.4 Å². The number of aromatic nitrogens is 4. The van der Waals surface area contributed by atoms with Gasteiger partial charge in [-0.3, -0.25) is 0 Å². The number of hydrogen-bond donors (Lipinski definition) is 2. The average Bonchev–Trinajstić information content (AvgIpc) is 3.20. The lowest BCUT2D eigenvalue weighted by molar-refractivity contribution is 0.417. The highest BCUT2D eigenvalue weighted by molar-refractivity contribution is 6.31. The molecule has 0 amide bonds. The molecule has 164 valence electrons. The number of fused-ring (bicyclic) bond motifs is 1. The Balaban J connectivity index is 1.61. The molecule has 0 saturated carbocycles. The van der Waals surface area contributed by atoms with E-state index in [2.05, 4.69) is 15.7 Å². The van der Waals surface area contributed by atoms with E-state index in [1.807, 2.05) is 72.3 Å². The van der Waals surface area contributed by atoms with Crippen molar-refractivity contribution in [1.82, 2.24) is 19.7 Å². The first kappa shape index (κ1) is 20.8. The lowest BCUT2D eigenvalue weighted by atomic mass is 10.2. The molecule has 0 aliphatic heterocycles. The second-order valence-electron chi connectivity index (χ2n) is 7.42. The summed E-state index contributed by atoms with van der Waals surface area (Å²) in [5.41, 5.74) is 4.03. The molecule has 2 N–H and O–H groups in total. The Hall–Kier alpha value is -4.10. The van der Waals surface area contributed by atoms with Gasteiger partial charge in [-0.05, 0) is 49.4 Å². The van der Waals surface area contributed by atoms with Crippen LogP contribution in [0.5, 0.6) is 5.75 Å². The summed E-state index contributed by atoms with van der Waals surface area (Å²) in [5, 5.41) is 12.0. The molecular formula is C25H21ClN6O. The number of nitrogens with zero attached hydrogens (tertiary/aromatic N) is 4. The summed E-state index contributed by atoms with van der Waals surface area (Å²) in [6.45, 7) is 1.95. The molecule has 0 saturated heterocycles. The van der Waals surface area contributed by atoms with Crippen molar-refractivity contribution in [2.24, 2.45) is 0 Å². The van der Waals surface area contributed by atoms with Gasteiger partial charge in [0, 0.05) is 11.1 Å². The van der Waals surface area contributed by atoms with Crippen molar-refractivity contribution in [3.05, 3.63) is 89.6 Å². The largest absolute Gasteiger partial charge is 0.495 e. The summed E-state index contributed by atoms with van der Waals surface area (Å²) in [5.74, 6) is 2.50. The van der Waals surface area contributed by atoms with E-state index in [0.29, 0.717) is 28.1 Å². The Morgan fingerprint density at radius 1 is 0.818 bits per heavy atom. The monoisotopic (exact) mass is 456 g/mol. The number of nitrogens with one attached hydrogen (secondary N) is 2. The maximum Gasteiger partial charge on any atom is 0.175 e. The molecule has 5 aromatic rings.